The molecule has 0 saturated heterocycles. The van der Waals surface area contributed by atoms with Crippen LogP contribution < -0.4 is 5.32 Å². The van der Waals surface area contributed by atoms with Crippen LogP contribution in [-0.2, 0) is 4.79 Å². The Morgan fingerprint density at radius 1 is 1.82 bits per heavy atom. The van der Waals surface area contributed by atoms with Crippen LogP contribution in [-0.4, -0.2) is 24.7 Å². The maximum Gasteiger partial charge on any atom is 0.311 e. The van der Waals surface area contributed by atoms with Crippen molar-refractivity contribution in [1.29, 1.82) is 0 Å². The second-order valence-corrected chi connectivity index (χ2v) is 3.30. The number of hydrogen-bond acceptors (Lipinski definition) is 2. The van der Waals surface area contributed by atoms with Crippen molar-refractivity contribution in [3.8, 4) is 0 Å². The molecule has 1 saturated carbocycles. The molecule has 0 heterocycles. The smallest absolute Gasteiger partial charge is 0.311 e. The number of carbonyl (C=O) groups is 1. The van der Waals surface area contributed by atoms with E-state index >= 15 is 0 Å². The molecule has 0 radical (unpaired) electrons. The normalized spacial score (nSPS) is 35.3. The molecule has 0 spiro atoms. The van der Waals surface area contributed by atoms with E-state index in [0.717, 1.165) is 12.8 Å². The SMILES string of the molecule is CC[C@@H]1C[C@@]1(CNC)C(=O)O. The van der Waals surface area contributed by atoms with Crippen molar-refractivity contribution in [3.05, 3.63) is 0 Å². The van der Waals surface area contributed by atoms with Crippen LogP contribution >= 0.6 is 0 Å². The zero-order valence-electron chi connectivity index (χ0n) is 7.05. The number of carboxylic acids is 1. The Balaban J connectivity index is 2.55. The second-order valence-electron chi connectivity index (χ2n) is 3.30. The quantitative estimate of drug-likeness (QED) is 0.631. The van der Waals surface area contributed by atoms with Gasteiger partial charge >= 0.3 is 5.97 Å². The lowest BCUT2D eigenvalue weighted by atomic mass is 10.0. The van der Waals surface area contributed by atoms with E-state index in [-0.39, 0.29) is 0 Å². The molecule has 2 atom stereocenters. The molecular weight excluding hydrogens is 142 g/mol. The lowest BCUT2D eigenvalue weighted by Gasteiger charge is -2.09. The summed E-state index contributed by atoms with van der Waals surface area (Å²) < 4.78 is 0. The molecule has 0 aromatic rings. The van der Waals surface area contributed by atoms with Crippen LogP contribution in [0.3, 0.4) is 0 Å². The van der Waals surface area contributed by atoms with Crippen molar-refractivity contribution in [1.82, 2.24) is 5.32 Å². The van der Waals surface area contributed by atoms with E-state index in [9.17, 15) is 4.79 Å². The molecule has 2 N–H and O–H groups in total. The van der Waals surface area contributed by atoms with E-state index < -0.39 is 11.4 Å². The van der Waals surface area contributed by atoms with Crippen molar-refractivity contribution < 1.29 is 9.90 Å². The van der Waals surface area contributed by atoms with Gasteiger partial charge in [-0.15, -0.1) is 0 Å². The number of hydrogen-bond donors (Lipinski definition) is 2. The summed E-state index contributed by atoms with van der Waals surface area (Å²) in [5, 5.41) is 11.8. The van der Waals surface area contributed by atoms with Crippen molar-refractivity contribution in [3.63, 3.8) is 0 Å². The minimum absolute atomic E-state index is 0.396. The van der Waals surface area contributed by atoms with E-state index in [1.807, 2.05) is 6.92 Å². The third-order valence-corrected chi connectivity index (χ3v) is 2.64. The molecule has 64 valence electrons. The van der Waals surface area contributed by atoms with Gasteiger partial charge in [-0.3, -0.25) is 4.79 Å². The van der Waals surface area contributed by atoms with Gasteiger partial charge in [-0.1, -0.05) is 13.3 Å². The Bertz CT molecular complexity index is 169. The van der Waals surface area contributed by atoms with Crippen molar-refractivity contribution in [2.75, 3.05) is 13.6 Å². The Kier molecular flexibility index (Phi) is 2.18. The molecule has 1 rings (SSSR count). The Hall–Kier alpha value is -0.570. The predicted octanol–water partition coefficient (Wildman–Crippen LogP) is 0.707. The molecule has 1 aliphatic carbocycles. The van der Waals surface area contributed by atoms with Gasteiger partial charge in [0.05, 0.1) is 5.41 Å². The summed E-state index contributed by atoms with van der Waals surface area (Å²) in [6, 6.07) is 0. The van der Waals surface area contributed by atoms with Gasteiger partial charge < -0.3 is 10.4 Å². The first-order valence-corrected chi connectivity index (χ1v) is 4.05. The molecule has 3 heteroatoms. The molecule has 0 amide bonds. The standard InChI is InChI=1S/C8H15NO2/c1-3-6-4-8(6,5-9-2)7(10)11/h6,9H,3-5H2,1-2H3,(H,10,11)/t6-,8+/m1/s1. The summed E-state index contributed by atoms with van der Waals surface area (Å²) in [5.41, 5.74) is -0.427. The van der Waals surface area contributed by atoms with Gasteiger partial charge in [-0.25, -0.2) is 0 Å². The molecule has 1 fully saturated rings. The minimum Gasteiger partial charge on any atom is -0.481 e. The molecular formula is C8H15NO2. The first kappa shape index (κ1) is 8.53. The zero-order valence-corrected chi connectivity index (χ0v) is 7.05. The monoisotopic (exact) mass is 157 g/mol. The highest BCUT2D eigenvalue weighted by atomic mass is 16.4. The lowest BCUT2D eigenvalue weighted by Crippen LogP contribution is -2.29. The van der Waals surface area contributed by atoms with Crippen LogP contribution in [0.25, 0.3) is 0 Å². The van der Waals surface area contributed by atoms with Crippen LogP contribution in [0.2, 0.25) is 0 Å². The molecule has 0 aromatic carbocycles. The average molecular weight is 157 g/mol. The fourth-order valence-electron chi connectivity index (χ4n) is 1.79. The zero-order chi connectivity index (χ0) is 8.48. The topological polar surface area (TPSA) is 49.3 Å². The first-order valence-electron chi connectivity index (χ1n) is 4.05. The molecule has 0 unspecified atom stereocenters. The van der Waals surface area contributed by atoms with E-state index in [2.05, 4.69) is 5.32 Å². The summed E-state index contributed by atoms with van der Waals surface area (Å²) in [4.78, 5) is 10.8. The van der Waals surface area contributed by atoms with Crippen LogP contribution in [0.4, 0.5) is 0 Å². The molecule has 11 heavy (non-hydrogen) atoms. The first-order chi connectivity index (χ1) is 5.17. The highest BCUT2D eigenvalue weighted by Gasteiger charge is 2.58. The molecule has 1 aliphatic rings. The highest BCUT2D eigenvalue weighted by molar-refractivity contribution is 5.79. The summed E-state index contributed by atoms with van der Waals surface area (Å²) >= 11 is 0. The fourth-order valence-corrected chi connectivity index (χ4v) is 1.79. The van der Waals surface area contributed by atoms with Gasteiger partial charge in [0.15, 0.2) is 0 Å². The third-order valence-electron chi connectivity index (χ3n) is 2.64. The van der Waals surface area contributed by atoms with Crippen LogP contribution in [0.15, 0.2) is 0 Å². The number of nitrogens with one attached hydrogen (secondary N) is 1. The summed E-state index contributed by atoms with van der Waals surface area (Å²) in [6.45, 7) is 2.66. The van der Waals surface area contributed by atoms with E-state index in [1.54, 1.807) is 7.05 Å². The minimum atomic E-state index is -0.640. The van der Waals surface area contributed by atoms with Crippen molar-refractivity contribution >= 4 is 5.97 Å². The molecule has 3 nitrogen and oxygen atoms in total. The lowest BCUT2D eigenvalue weighted by molar-refractivity contribution is -0.143. The molecule has 0 bridgehead atoms. The van der Waals surface area contributed by atoms with Gasteiger partial charge in [0.2, 0.25) is 0 Å². The predicted molar refractivity (Wildman–Crippen MR) is 42.4 cm³/mol. The van der Waals surface area contributed by atoms with Crippen molar-refractivity contribution in [2.45, 2.75) is 19.8 Å². The maximum absolute atomic E-state index is 10.8. The van der Waals surface area contributed by atoms with Crippen molar-refractivity contribution in [2.24, 2.45) is 11.3 Å². The largest absolute Gasteiger partial charge is 0.481 e. The van der Waals surface area contributed by atoms with E-state index in [1.165, 1.54) is 0 Å². The van der Waals surface area contributed by atoms with Crippen LogP contribution in [0.1, 0.15) is 19.8 Å². The summed E-state index contributed by atoms with van der Waals surface area (Å²) in [7, 11) is 1.80. The average Bonchev–Trinajstić information content (AvgIpc) is 2.65. The summed E-state index contributed by atoms with van der Waals surface area (Å²) in [6.07, 6.45) is 1.83. The molecule has 0 aromatic heterocycles. The van der Waals surface area contributed by atoms with Gasteiger partial charge in [0.25, 0.3) is 0 Å². The van der Waals surface area contributed by atoms with Gasteiger partial charge in [0.1, 0.15) is 0 Å². The summed E-state index contributed by atoms with van der Waals surface area (Å²) in [5.74, 6) is -0.244. The van der Waals surface area contributed by atoms with E-state index in [4.69, 9.17) is 5.11 Å². The van der Waals surface area contributed by atoms with Gasteiger partial charge in [0, 0.05) is 6.54 Å². The van der Waals surface area contributed by atoms with Gasteiger partial charge in [-0.05, 0) is 19.4 Å². The third kappa shape index (κ3) is 1.25. The number of rotatable bonds is 4. The maximum atomic E-state index is 10.8. The Morgan fingerprint density at radius 2 is 2.45 bits per heavy atom. The fraction of sp³-hybridized carbons (Fsp3) is 0.875. The Labute approximate surface area is 66.8 Å². The molecule has 0 aliphatic heterocycles. The number of carboxylic acid groups (broad SMARTS) is 1. The number of aliphatic carboxylic acids is 1. The Morgan fingerprint density at radius 3 is 2.73 bits per heavy atom. The second kappa shape index (κ2) is 2.81. The van der Waals surface area contributed by atoms with Crippen LogP contribution in [0, 0.1) is 11.3 Å². The van der Waals surface area contributed by atoms with Gasteiger partial charge in [-0.2, -0.15) is 0 Å². The van der Waals surface area contributed by atoms with Crippen LogP contribution in [0.5, 0.6) is 0 Å². The van der Waals surface area contributed by atoms with E-state index in [0.29, 0.717) is 12.5 Å². The highest BCUT2D eigenvalue weighted by Crippen LogP contribution is 2.54.